The molecule has 0 saturated carbocycles. The number of nitrogens with zero attached hydrogens (tertiary/aromatic N) is 1. The van der Waals surface area contributed by atoms with Crippen LogP contribution in [-0.2, 0) is 9.53 Å². The number of ether oxygens (including phenoxy) is 3. The van der Waals surface area contributed by atoms with E-state index in [1.165, 1.54) is 7.11 Å². The van der Waals surface area contributed by atoms with Crippen LogP contribution in [-0.4, -0.2) is 39.9 Å². The first-order valence-electron chi connectivity index (χ1n) is 7.62. The maximum atomic E-state index is 12.4. The molecule has 2 aromatic rings. The molecule has 0 spiro atoms. The number of hydrogen-bond acceptors (Lipinski definition) is 5. The van der Waals surface area contributed by atoms with E-state index in [0.717, 1.165) is 11.1 Å². The lowest BCUT2D eigenvalue weighted by atomic mass is 10.1. The van der Waals surface area contributed by atoms with Crippen molar-refractivity contribution in [1.82, 2.24) is 0 Å². The van der Waals surface area contributed by atoms with Crippen LogP contribution in [0.15, 0.2) is 47.5 Å². The second-order valence-electron chi connectivity index (χ2n) is 5.22. The minimum Gasteiger partial charge on any atom is -0.493 e. The second-order valence-corrected chi connectivity index (χ2v) is 5.65. The average Bonchev–Trinajstić information content (AvgIpc) is 2.63. The third-order valence-corrected chi connectivity index (χ3v) is 3.85. The van der Waals surface area contributed by atoms with Crippen LogP contribution in [0.5, 0.6) is 11.5 Å². The Morgan fingerprint density at radius 2 is 1.76 bits per heavy atom. The summed E-state index contributed by atoms with van der Waals surface area (Å²) in [6.07, 6.45) is 0.953. The average molecular weight is 362 g/mol. The van der Waals surface area contributed by atoms with Gasteiger partial charge in [0.2, 0.25) is 0 Å². The van der Waals surface area contributed by atoms with Crippen LogP contribution in [0.25, 0.3) is 0 Å². The van der Waals surface area contributed by atoms with Crippen molar-refractivity contribution in [3.8, 4) is 11.5 Å². The van der Waals surface area contributed by atoms with Gasteiger partial charge in [0.15, 0.2) is 17.3 Å². The van der Waals surface area contributed by atoms with Crippen LogP contribution < -0.4 is 9.47 Å². The molecule has 0 aliphatic carbocycles. The molecule has 0 heterocycles. The number of halogens is 1. The molecule has 132 valence electrons. The third-order valence-electron chi connectivity index (χ3n) is 3.60. The zero-order chi connectivity index (χ0) is 18.2. The van der Waals surface area contributed by atoms with Crippen molar-refractivity contribution in [2.24, 2.45) is 4.99 Å². The second kappa shape index (κ2) is 9.20. The van der Waals surface area contributed by atoms with E-state index in [0.29, 0.717) is 16.5 Å². The molecule has 0 saturated heterocycles. The Kier molecular flexibility index (Phi) is 6.98. The number of ketones is 1. The van der Waals surface area contributed by atoms with E-state index in [4.69, 9.17) is 25.8 Å². The van der Waals surface area contributed by atoms with E-state index in [9.17, 15) is 4.79 Å². The fourth-order valence-corrected chi connectivity index (χ4v) is 2.47. The van der Waals surface area contributed by atoms with Crippen LogP contribution in [0.3, 0.4) is 0 Å². The van der Waals surface area contributed by atoms with E-state index in [2.05, 4.69) is 4.99 Å². The molecule has 0 amide bonds. The van der Waals surface area contributed by atoms with E-state index < -0.39 is 6.10 Å². The maximum Gasteiger partial charge on any atom is 0.187 e. The zero-order valence-electron chi connectivity index (χ0n) is 14.4. The molecule has 0 bridgehead atoms. The summed E-state index contributed by atoms with van der Waals surface area (Å²) in [6.45, 7) is 0.00940. The first-order chi connectivity index (χ1) is 12.1. The summed E-state index contributed by atoms with van der Waals surface area (Å²) in [7, 11) is 4.64. The highest BCUT2D eigenvalue weighted by Gasteiger charge is 2.19. The highest BCUT2D eigenvalue weighted by atomic mass is 35.5. The zero-order valence-corrected chi connectivity index (χ0v) is 15.1. The van der Waals surface area contributed by atoms with Crippen molar-refractivity contribution < 1.29 is 19.0 Å². The molecule has 0 radical (unpaired) electrons. The monoisotopic (exact) mass is 361 g/mol. The molecule has 0 fully saturated rings. The number of Topliss-reactive ketones (excluding diaryl/α,β-unsaturated/α-hetero) is 1. The highest BCUT2D eigenvalue weighted by Crippen LogP contribution is 2.27. The summed E-state index contributed by atoms with van der Waals surface area (Å²) in [5, 5.41) is 0.609. The Balaban J connectivity index is 2.05. The minimum absolute atomic E-state index is 0.00940. The SMILES string of the molecule is COc1ccc(C=NCC(=O)C(OC)c2ccc(Cl)cc2)cc1OC. The van der Waals surface area contributed by atoms with Gasteiger partial charge in [0.05, 0.1) is 14.2 Å². The van der Waals surface area contributed by atoms with Gasteiger partial charge in [0.25, 0.3) is 0 Å². The van der Waals surface area contributed by atoms with Gasteiger partial charge < -0.3 is 14.2 Å². The third kappa shape index (κ3) is 5.05. The van der Waals surface area contributed by atoms with Crippen molar-refractivity contribution in [1.29, 1.82) is 0 Å². The molecule has 5 nitrogen and oxygen atoms in total. The van der Waals surface area contributed by atoms with Gasteiger partial charge in [-0.1, -0.05) is 23.7 Å². The molecule has 2 aromatic carbocycles. The lowest BCUT2D eigenvalue weighted by molar-refractivity contribution is -0.127. The minimum atomic E-state index is -0.667. The van der Waals surface area contributed by atoms with E-state index in [1.54, 1.807) is 56.8 Å². The predicted molar refractivity (Wildman–Crippen MR) is 98.2 cm³/mol. The lowest BCUT2D eigenvalue weighted by Gasteiger charge is -2.13. The predicted octanol–water partition coefficient (Wildman–Crippen LogP) is 3.73. The number of hydrogen-bond donors (Lipinski definition) is 0. The van der Waals surface area contributed by atoms with Gasteiger partial charge in [-0.15, -0.1) is 0 Å². The van der Waals surface area contributed by atoms with E-state index in [1.807, 2.05) is 6.07 Å². The molecule has 0 aliphatic heterocycles. The van der Waals surface area contributed by atoms with Gasteiger partial charge in [-0.25, -0.2) is 0 Å². The van der Waals surface area contributed by atoms with Gasteiger partial charge in [0, 0.05) is 18.3 Å². The summed E-state index contributed by atoms with van der Waals surface area (Å²) in [4.78, 5) is 16.6. The van der Waals surface area contributed by atoms with Gasteiger partial charge >= 0.3 is 0 Å². The van der Waals surface area contributed by atoms with Gasteiger partial charge in [-0.2, -0.15) is 0 Å². The van der Waals surface area contributed by atoms with Crippen molar-refractivity contribution in [3.63, 3.8) is 0 Å². The summed E-state index contributed by atoms with van der Waals surface area (Å²) < 4.78 is 15.7. The van der Waals surface area contributed by atoms with Crippen molar-refractivity contribution in [2.45, 2.75) is 6.10 Å². The summed E-state index contributed by atoms with van der Waals surface area (Å²) in [5.41, 5.74) is 1.56. The summed E-state index contributed by atoms with van der Waals surface area (Å²) >= 11 is 5.87. The first kappa shape index (κ1) is 19.0. The lowest BCUT2D eigenvalue weighted by Crippen LogP contribution is -2.17. The molecular weight excluding hydrogens is 342 g/mol. The number of carbonyl (C=O) groups excluding carboxylic acids is 1. The smallest absolute Gasteiger partial charge is 0.187 e. The van der Waals surface area contributed by atoms with Gasteiger partial charge in [-0.3, -0.25) is 9.79 Å². The van der Waals surface area contributed by atoms with Crippen LogP contribution in [0.1, 0.15) is 17.2 Å². The summed E-state index contributed by atoms with van der Waals surface area (Å²) in [6, 6.07) is 12.4. The molecule has 0 aromatic heterocycles. The number of aliphatic imine (C=N–C) groups is 1. The Labute approximate surface area is 152 Å². The standard InChI is InChI=1S/C19H20ClNO4/c1-23-17-9-4-13(10-18(17)24-2)11-21-12-16(22)19(25-3)14-5-7-15(20)8-6-14/h4-11,19H,12H2,1-3H3. The largest absolute Gasteiger partial charge is 0.493 e. The summed E-state index contributed by atoms with van der Waals surface area (Å²) in [5.74, 6) is 1.10. The first-order valence-corrected chi connectivity index (χ1v) is 7.99. The van der Waals surface area contributed by atoms with Crippen LogP contribution in [0.4, 0.5) is 0 Å². The van der Waals surface area contributed by atoms with Crippen molar-refractivity contribution in [3.05, 3.63) is 58.6 Å². The van der Waals surface area contributed by atoms with Crippen LogP contribution >= 0.6 is 11.6 Å². The normalized spacial score (nSPS) is 12.2. The fourth-order valence-electron chi connectivity index (χ4n) is 2.35. The van der Waals surface area contributed by atoms with Gasteiger partial charge in [-0.05, 0) is 41.5 Å². The Morgan fingerprint density at radius 1 is 1.08 bits per heavy atom. The van der Waals surface area contributed by atoms with Crippen LogP contribution in [0.2, 0.25) is 5.02 Å². The molecule has 0 N–H and O–H groups in total. The molecule has 2 rings (SSSR count). The molecule has 1 atom stereocenters. The number of methoxy groups -OCH3 is 3. The highest BCUT2D eigenvalue weighted by molar-refractivity contribution is 6.30. The molecule has 25 heavy (non-hydrogen) atoms. The maximum absolute atomic E-state index is 12.4. The Bertz CT molecular complexity index is 744. The number of benzene rings is 2. The molecule has 6 heteroatoms. The quantitative estimate of drug-likeness (QED) is 0.672. The van der Waals surface area contributed by atoms with Gasteiger partial charge in [0.1, 0.15) is 12.6 Å². The van der Waals surface area contributed by atoms with E-state index in [-0.39, 0.29) is 12.3 Å². The Morgan fingerprint density at radius 3 is 2.36 bits per heavy atom. The van der Waals surface area contributed by atoms with Crippen molar-refractivity contribution >= 4 is 23.6 Å². The number of rotatable bonds is 8. The topological polar surface area (TPSA) is 57.1 Å². The molecule has 0 aliphatic rings. The Hall–Kier alpha value is -2.37. The van der Waals surface area contributed by atoms with E-state index >= 15 is 0 Å². The fraction of sp³-hybridized carbons (Fsp3) is 0.263. The van der Waals surface area contributed by atoms with Crippen LogP contribution in [0, 0.1) is 0 Å². The number of carbonyl (C=O) groups is 1. The molecule has 1 unspecified atom stereocenters. The van der Waals surface area contributed by atoms with Crippen molar-refractivity contribution in [2.75, 3.05) is 27.9 Å². The molecular formula is C19H20ClNO4.